The first kappa shape index (κ1) is 20.2. The number of hydrogen-bond donors (Lipinski definition) is 1. The zero-order valence-electron chi connectivity index (χ0n) is 15.1. The van der Waals surface area contributed by atoms with E-state index < -0.39 is 38.2 Å². The largest absolute Gasteiger partial charge is 0.360 e. The van der Waals surface area contributed by atoms with Gasteiger partial charge in [-0.2, -0.15) is 0 Å². The van der Waals surface area contributed by atoms with Crippen LogP contribution in [0.4, 0.5) is 24.5 Å². The summed E-state index contributed by atoms with van der Waals surface area (Å²) < 4.78 is 67.1. The van der Waals surface area contributed by atoms with Crippen molar-refractivity contribution in [1.29, 1.82) is 0 Å². The Morgan fingerprint density at radius 1 is 1.00 bits per heavy atom. The van der Waals surface area contributed by atoms with Gasteiger partial charge >= 0.3 is 0 Å². The number of carbonyl (C=O) groups excluding carboxylic acids is 1. The van der Waals surface area contributed by atoms with E-state index in [4.69, 9.17) is 0 Å². The van der Waals surface area contributed by atoms with Crippen LogP contribution in [0.1, 0.15) is 15.2 Å². The number of allylic oxidation sites excluding steroid dienone is 1. The third-order valence-corrected chi connectivity index (χ3v) is 7.11. The Labute approximate surface area is 174 Å². The van der Waals surface area contributed by atoms with Gasteiger partial charge in [0.25, 0.3) is 10.0 Å². The summed E-state index contributed by atoms with van der Waals surface area (Å²) in [6, 6.07) is 9.80. The number of anilines is 2. The highest BCUT2D eigenvalue weighted by atomic mass is 32.2. The van der Waals surface area contributed by atoms with Crippen LogP contribution in [-0.2, 0) is 16.6 Å². The van der Waals surface area contributed by atoms with Crippen LogP contribution in [0.5, 0.6) is 0 Å². The molecule has 0 unspecified atom stereocenters. The van der Waals surface area contributed by atoms with Gasteiger partial charge in [0.05, 0.1) is 12.2 Å². The van der Waals surface area contributed by atoms with Gasteiger partial charge in [-0.05, 0) is 41.3 Å². The number of halogens is 3. The van der Waals surface area contributed by atoms with Gasteiger partial charge < -0.3 is 5.32 Å². The highest BCUT2D eigenvalue weighted by molar-refractivity contribution is 7.97. The fourth-order valence-electron chi connectivity index (χ4n) is 2.95. The summed E-state index contributed by atoms with van der Waals surface area (Å²) in [5, 5.41) is 4.14. The minimum atomic E-state index is -4.27. The summed E-state index contributed by atoms with van der Waals surface area (Å²) in [4.78, 5) is 12.5. The summed E-state index contributed by atoms with van der Waals surface area (Å²) in [5.74, 6) is -3.33. The molecule has 4 rings (SSSR count). The van der Waals surface area contributed by atoms with Crippen LogP contribution in [0.2, 0.25) is 0 Å². The Bertz CT molecular complexity index is 1270. The van der Waals surface area contributed by atoms with Crippen molar-refractivity contribution < 1.29 is 26.4 Å². The lowest BCUT2D eigenvalue weighted by Gasteiger charge is -2.29. The van der Waals surface area contributed by atoms with Gasteiger partial charge in [0, 0.05) is 18.0 Å². The number of carbonyl (C=O) groups is 1. The van der Waals surface area contributed by atoms with E-state index in [-0.39, 0.29) is 22.8 Å². The minimum absolute atomic E-state index is 0.0754. The molecule has 5 nitrogen and oxygen atoms in total. The maximum absolute atomic E-state index is 13.4. The van der Waals surface area contributed by atoms with Crippen molar-refractivity contribution in [1.82, 2.24) is 0 Å². The van der Waals surface area contributed by atoms with Crippen molar-refractivity contribution in [2.75, 3.05) is 9.62 Å². The highest BCUT2D eigenvalue weighted by Gasteiger charge is 2.41. The second-order valence-electron chi connectivity index (χ2n) is 6.38. The van der Waals surface area contributed by atoms with E-state index in [1.165, 1.54) is 36.4 Å². The molecule has 0 aliphatic carbocycles. The Hall–Kier alpha value is -3.11. The number of nitrogens with zero attached hydrogens (tertiary/aromatic N) is 1. The van der Waals surface area contributed by atoms with Crippen molar-refractivity contribution >= 4 is 38.5 Å². The van der Waals surface area contributed by atoms with Gasteiger partial charge in [-0.15, -0.1) is 11.3 Å². The number of hydrogen-bond acceptors (Lipinski definition) is 5. The normalized spacial score (nSPS) is 16.6. The molecule has 0 radical (unpaired) electrons. The first-order valence-corrected chi connectivity index (χ1v) is 10.9. The Balaban J connectivity index is 1.73. The number of nitrogens with one attached hydrogen (secondary N) is 1. The van der Waals surface area contributed by atoms with Crippen LogP contribution in [0.25, 0.3) is 0 Å². The Morgan fingerprint density at radius 3 is 2.43 bits per heavy atom. The molecule has 3 aromatic rings. The van der Waals surface area contributed by atoms with Gasteiger partial charge in [-0.3, -0.25) is 9.10 Å². The van der Waals surface area contributed by atoms with Crippen molar-refractivity contribution in [3.8, 4) is 0 Å². The minimum Gasteiger partial charge on any atom is -0.360 e. The van der Waals surface area contributed by atoms with E-state index in [0.29, 0.717) is 5.56 Å². The molecule has 1 N–H and O–H groups in total. The number of thiophene rings is 1. The van der Waals surface area contributed by atoms with Crippen LogP contribution in [0.3, 0.4) is 0 Å². The third kappa shape index (κ3) is 3.59. The Kier molecular flexibility index (Phi) is 5.12. The predicted octanol–water partition coefficient (Wildman–Crippen LogP) is 4.65. The first-order valence-electron chi connectivity index (χ1n) is 8.58. The van der Waals surface area contributed by atoms with Gasteiger partial charge in [0.15, 0.2) is 16.5 Å². The zero-order chi connectivity index (χ0) is 21.5. The molecule has 0 fully saturated rings. The van der Waals surface area contributed by atoms with Crippen LogP contribution in [0, 0.1) is 17.5 Å². The van der Waals surface area contributed by atoms with Crippen molar-refractivity contribution in [3.05, 3.63) is 92.9 Å². The second-order valence-corrected chi connectivity index (χ2v) is 9.13. The lowest BCUT2D eigenvalue weighted by Crippen LogP contribution is -2.38. The third-order valence-electron chi connectivity index (χ3n) is 4.44. The standard InChI is InChI=1S/C20H13F3N2O3S2/c21-13-3-1-12(2-4-13)11-25-17-7-8-29-20(17)19(26)18(30(25,27)28)10-24-14-5-6-15(22)16(23)9-14/h1-10,24H,11H2/b18-10-. The van der Waals surface area contributed by atoms with Gasteiger partial charge in [-0.25, -0.2) is 21.6 Å². The van der Waals surface area contributed by atoms with Gasteiger partial charge in [-0.1, -0.05) is 12.1 Å². The number of rotatable bonds is 4. The van der Waals surface area contributed by atoms with Crippen LogP contribution >= 0.6 is 11.3 Å². The van der Waals surface area contributed by atoms with Crippen molar-refractivity contribution in [2.45, 2.75) is 6.54 Å². The SMILES string of the molecule is O=C1/C(=C/Nc2ccc(F)c(F)c2)S(=O)(=O)N(Cc2ccc(F)cc2)c2ccsc21. The summed E-state index contributed by atoms with van der Waals surface area (Å²) in [6.45, 7) is -0.109. The van der Waals surface area contributed by atoms with Crippen molar-refractivity contribution in [2.24, 2.45) is 0 Å². The number of fused-ring (bicyclic) bond motifs is 1. The van der Waals surface area contributed by atoms with Crippen molar-refractivity contribution in [3.63, 3.8) is 0 Å². The fraction of sp³-hybridized carbons (Fsp3) is 0.0500. The maximum atomic E-state index is 13.4. The lowest BCUT2D eigenvalue weighted by molar-refractivity contribution is 0.104. The molecule has 1 aromatic heterocycles. The molecule has 0 atom stereocenters. The molecule has 1 aliphatic rings. The molecule has 0 spiro atoms. The number of sulfonamides is 1. The molecule has 30 heavy (non-hydrogen) atoms. The van der Waals surface area contributed by atoms with E-state index in [1.807, 2.05) is 0 Å². The second kappa shape index (κ2) is 7.62. The predicted molar refractivity (Wildman–Crippen MR) is 108 cm³/mol. The molecule has 0 amide bonds. The molecule has 0 bridgehead atoms. The van der Waals surface area contributed by atoms with Gasteiger partial charge in [0.1, 0.15) is 10.7 Å². The van der Waals surface area contributed by atoms with E-state index in [2.05, 4.69) is 5.32 Å². The van der Waals surface area contributed by atoms with E-state index >= 15 is 0 Å². The fourth-order valence-corrected chi connectivity index (χ4v) is 5.43. The molecule has 10 heteroatoms. The molecular weight excluding hydrogens is 437 g/mol. The highest BCUT2D eigenvalue weighted by Crippen LogP contribution is 2.39. The molecule has 2 aromatic carbocycles. The van der Waals surface area contributed by atoms with E-state index in [9.17, 15) is 26.4 Å². The average Bonchev–Trinajstić information content (AvgIpc) is 3.19. The van der Waals surface area contributed by atoms with Crippen LogP contribution in [-0.4, -0.2) is 14.2 Å². The topological polar surface area (TPSA) is 66.5 Å². The summed E-state index contributed by atoms with van der Waals surface area (Å²) in [6.07, 6.45) is 0.963. The molecular formula is C20H13F3N2O3S2. The van der Waals surface area contributed by atoms with Crippen LogP contribution in [0.15, 0.2) is 65.0 Å². The first-order chi connectivity index (χ1) is 14.3. The number of benzene rings is 2. The number of ketones is 1. The zero-order valence-corrected chi connectivity index (χ0v) is 16.7. The maximum Gasteiger partial charge on any atom is 0.270 e. The molecule has 2 heterocycles. The monoisotopic (exact) mass is 450 g/mol. The molecule has 1 aliphatic heterocycles. The molecule has 154 valence electrons. The molecule has 0 saturated carbocycles. The molecule has 0 saturated heterocycles. The van der Waals surface area contributed by atoms with Crippen LogP contribution < -0.4 is 9.62 Å². The van der Waals surface area contributed by atoms with E-state index in [1.54, 1.807) is 5.38 Å². The summed E-state index contributed by atoms with van der Waals surface area (Å²) >= 11 is 1.09. The smallest absolute Gasteiger partial charge is 0.270 e. The summed E-state index contributed by atoms with van der Waals surface area (Å²) in [7, 11) is -4.27. The van der Waals surface area contributed by atoms with E-state index in [0.717, 1.165) is 34.0 Å². The number of Topliss-reactive ketones (excluding diaryl/α,β-unsaturated/α-hetero) is 1. The Morgan fingerprint density at radius 2 is 1.73 bits per heavy atom. The lowest BCUT2D eigenvalue weighted by atomic mass is 10.2. The summed E-state index contributed by atoms with van der Waals surface area (Å²) in [5.41, 5.74) is 0.838. The average molecular weight is 450 g/mol. The van der Waals surface area contributed by atoms with Gasteiger partial charge in [0.2, 0.25) is 5.78 Å². The quantitative estimate of drug-likeness (QED) is 0.588.